The number of ether oxygens (including phenoxy) is 1. The third kappa shape index (κ3) is 4.64. The molecule has 0 atom stereocenters. The van der Waals surface area contributed by atoms with Crippen molar-refractivity contribution in [3.63, 3.8) is 0 Å². The monoisotopic (exact) mass is 458 g/mol. The van der Waals surface area contributed by atoms with Crippen LogP contribution in [-0.2, 0) is 17.8 Å². The Bertz CT molecular complexity index is 1020. The summed E-state index contributed by atoms with van der Waals surface area (Å²) in [5.74, 6) is 1.25. The highest BCUT2D eigenvalue weighted by atomic mass is 79.9. The molecule has 0 spiro atoms. The number of amides is 1. The van der Waals surface area contributed by atoms with E-state index in [1.165, 1.54) is 12.1 Å². The standard InChI is InChI=1S/C21H20BrFN4O2/c22-14-5-8-16(9-6-14)29-13-20(28)24-15-7-10-18(23)17(12-15)21-26-25-19-4-2-1-3-11-27(19)21/h5-10,12H,1-4,11,13H2,(H,24,28). The van der Waals surface area contributed by atoms with Gasteiger partial charge in [-0.25, -0.2) is 4.39 Å². The average Bonchev–Trinajstić information content (AvgIpc) is 2.96. The summed E-state index contributed by atoms with van der Waals surface area (Å²) in [5.41, 5.74) is 0.814. The number of rotatable bonds is 5. The first-order valence-electron chi connectivity index (χ1n) is 9.50. The van der Waals surface area contributed by atoms with E-state index < -0.39 is 5.82 Å². The lowest BCUT2D eigenvalue weighted by molar-refractivity contribution is -0.118. The highest BCUT2D eigenvalue weighted by Gasteiger charge is 2.19. The molecule has 29 heavy (non-hydrogen) atoms. The second kappa shape index (κ2) is 8.73. The van der Waals surface area contributed by atoms with Crippen LogP contribution >= 0.6 is 15.9 Å². The summed E-state index contributed by atoms with van der Waals surface area (Å²) in [6, 6.07) is 11.7. The number of nitrogens with one attached hydrogen (secondary N) is 1. The fourth-order valence-electron chi connectivity index (χ4n) is 3.34. The van der Waals surface area contributed by atoms with Gasteiger partial charge in [0.2, 0.25) is 0 Å². The molecule has 1 amide bonds. The number of benzene rings is 2. The molecule has 1 aliphatic heterocycles. The molecule has 0 fully saturated rings. The maximum atomic E-state index is 14.5. The van der Waals surface area contributed by atoms with Gasteiger partial charge in [0, 0.05) is 23.1 Å². The largest absolute Gasteiger partial charge is 0.484 e. The maximum absolute atomic E-state index is 14.5. The molecule has 8 heteroatoms. The maximum Gasteiger partial charge on any atom is 0.262 e. The fraction of sp³-hybridized carbons (Fsp3) is 0.286. The smallest absolute Gasteiger partial charge is 0.262 e. The molecule has 2 heterocycles. The summed E-state index contributed by atoms with van der Waals surface area (Å²) in [6.45, 7) is 0.628. The van der Waals surface area contributed by atoms with Crippen LogP contribution in [0.2, 0.25) is 0 Å². The topological polar surface area (TPSA) is 69.0 Å². The van der Waals surface area contributed by atoms with E-state index in [2.05, 4.69) is 31.4 Å². The molecule has 0 radical (unpaired) electrons. The van der Waals surface area contributed by atoms with Crippen molar-refractivity contribution < 1.29 is 13.9 Å². The van der Waals surface area contributed by atoms with Crippen molar-refractivity contribution in [2.45, 2.75) is 32.2 Å². The summed E-state index contributed by atoms with van der Waals surface area (Å²) in [6.07, 6.45) is 4.05. The molecule has 0 saturated heterocycles. The number of carbonyl (C=O) groups excluding carboxylic acids is 1. The molecule has 1 aromatic heterocycles. The van der Waals surface area contributed by atoms with Crippen molar-refractivity contribution in [1.29, 1.82) is 0 Å². The van der Waals surface area contributed by atoms with Crippen LogP contribution in [-0.4, -0.2) is 27.3 Å². The molecule has 0 saturated carbocycles. The van der Waals surface area contributed by atoms with Crippen LogP contribution < -0.4 is 10.1 Å². The molecule has 2 aromatic carbocycles. The predicted octanol–water partition coefficient (Wildman–Crippen LogP) is 4.59. The second-order valence-corrected chi connectivity index (χ2v) is 7.80. The third-order valence-corrected chi connectivity index (χ3v) is 5.31. The Morgan fingerprint density at radius 3 is 2.79 bits per heavy atom. The van der Waals surface area contributed by atoms with E-state index in [1.54, 1.807) is 18.2 Å². The van der Waals surface area contributed by atoms with E-state index in [-0.39, 0.29) is 12.5 Å². The van der Waals surface area contributed by atoms with Crippen LogP contribution in [0.3, 0.4) is 0 Å². The number of hydrogen-bond donors (Lipinski definition) is 1. The van der Waals surface area contributed by atoms with Gasteiger partial charge in [-0.15, -0.1) is 10.2 Å². The highest BCUT2D eigenvalue weighted by molar-refractivity contribution is 9.10. The minimum Gasteiger partial charge on any atom is -0.484 e. The van der Waals surface area contributed by atoms with Gasteiger partial charge in [0.15, 0.2) is 12.4 Å². The van der Waals surface area contributed by atoms with Crippen molar-refractivity contribution in [1.82, 2.24) is 14.8 Å². The Morgan fingerprint density at radius 2 is 1.97 bits per heavy atom. The van der Waals surface area contributed by atoms with Crippen LogP contribution in [0.15, 0.2) is 46.9 Å². The van der Waals surface area contributed by atoms with Gasteiger partial charge in [0.05, 0.1) is 5.56 Å². The van der Waals surface area contributed by atoms with Crippen molar-refractivity contribution in [2.24, 2.45) is 0 Å². The van der Waals surface area contributed by atoms with Gasteiger partial charge in [0.1, 0.15) is 17.4 Å². The summed E-state index contributed by atoms with van der Waals surface area (Å²) in [5, 5.41) is 11.2. The van der Waals surface area contributed by atoms with Crippen molar-refractivity contribution in [3.8, 4) is 17.1 Å². The van der Waals surface area contributed by atoms with E-state index in [9.17, 15) is 9.18 Å². The summed E-state index contributed by atoms with van der Waals surface area (Å²) >= 11 is 3.35. The molecule has 1 aliphatic rings. The zero-order valence-electron chi connectivity index (χ0n) is 15.7. The van der Waals surface area contributed by atoms with Gasteiger partial charge >= 0.3 is 0 Å². The SMILES string of the molecule is O=C(COc1ccc(Br)cc1)Nc1ccc(F)c(-c2nnc3n2CCCCC3)c1. The molecular weight excluding hydrogens is 439 g/mol. The molecule has 3 aromatic rings. The van der Waals surface area contributed by atoms with Gasteiger partial charge in [-0.3, -0.25) is 4.79 Å². The number of nitrogens with zero attached hydrogens (tertiary/aromatic N) is 3. The first-order valence-corrected chi connectivity index (χ1v) is 10.3. The normalized spacial score (nSPS) is 13.4. The van der Waals surface area contributed by atoms with Gasteiger partial charge in [-0.1, -0.05) is 22.4 Å². The third-order valence-electron chi connectivity index (χ3n) is 4.78. The van der Waals surface area contributed by atoms with Crippen molar-refractivity contribution in [2.75, 3.05) is 11.9 Å². The Hall–Kier alpha value is -2.74. The molecular formula is C21H20BrFN4O2. The Labute approximate surface area is 176 Å². The van der Waals surface area contributed by atoms with Crippen molar-refractivity contribution >= 4 is 27.5 Å². The van der Waals surface area contributed by atoms with E-state index in [1.807, 2.05) is 16.7 Å². The molecule has 0 bridgehead atoms. The van der Waals surface area contributed by atoms with Crippen LogP contribution in [0.4, 0.5) is 10.1 Å². The van der Waals surface area contributed by atoms with Gasteiger partial charge in [-0.05, 0) is 55.3 Å². The lowest BCUT2D eigenvalue weighted by Gasteiger charge is -2.11. The number of aromatic nitrogens is 3. The van der Waals surface area contributed by atoms with Crippen LogP contribution in [0.5, 0.6) is 5.75 Å². The number of aryl methyl sites for hydroxylation is 1. The molecule has 1 N–H and O–H groups in total. The number of fused-ring (bicyclic) bond motifs is 1. The first kappa shape index (κ1) is 19.6. The Kier molecular flexibility index (Phi) is 5.89. The van der Waals surface area contributed by atoms with Gasteiger partial charge in [-0.2, -0.15) is 0 Å². The van der Waals surface area contributed by atoms with E-state index in [0.717, 1.165) is 42.5 Å². The minimum absolute atomic E-state index is 0.144. The minimum atomic E-state index is -0.395. The van der Waals surface area contributed by atoms with Gasteiger partial charge in [0.25, 0.3) is 5.91 Å². The number of carbonyl (C=O) groups is 1. The van der Waals surface area contributed by atoms with E-state index in [0.29, 0.717) is 22.8 Å². The van der Waals surface area contributed by atoms with Crippen LogP contribution in [0.1, 0.15) is 25.1 Å². The zero-order chi connectivity index (χ0) is 20.2. The highest BCUT2D eigenvalue weighted by Crippen LogP contribution is 2.27. The van der Waals surface area contributed by atoms with E-state index in [4.69, 9.17) is 4.74 Å². The predicted molar refractivity (Wildman–Crippen MR) is 111 cm³/mol. The summed E-state index contributed by atoms with van der Waals surface area (Å²) < 4.78 is 22.9. The molecule has 6 nitrogen and oxygen atoms in total. The second-order valence-electron chi connectivity index (χ2n) is 6.89. The number of anilines is 1. The molecule has 4 rings (SSSR count). The Morgan fingerprint density at radius 1 is 1.14 bits per heavy atom. The first-order chi connectivity index (χ1) is 14.1. The van der Waals surface area contributed by atoms with Gasteiger partial charge < -0.3 is 14.6 Å². The van der Waals surface area contributed by atoms with Crippen LogP contribution in [0.25, 0.3) is 11.4 Å². The lowest BCUT2D eigenvalue weighted by atomic mass is 10.1. The number of hydrogen-bond acceptors (Lipinski definition) is 4. The van der Waals surface area contributed by atoms with Crippen LogP contribution in [0, 0.1) is 5.82 Å². The molecule has 150 valence electrons. The Balaban J connectivity index is 1.48. The van der Waals surface area contributed by atoms with Crippen molar-refractivity contribution in [3.05, 3.63) is 58.6 Å². The average molecular weight is 459 g/mol. The fourth-order valence-corrected chi connectivity index (χ4v) is 3.60. The zero-order valence-corrected chi connectivity index (χ0v) is 17.3. The quantitative estimate of drug-likeness (QED) is 0.606. The molecule has 0 unspecified atom stereocenters. The summed E-state index contributed by atoms with van der Waals surface area (Å²) in [7, 11) is 0. The number of halogens is 2. The van der Waals surface area contributed by atoms with E-state index >= 15 is 0 Å². The molecule has 0 aliphatic carbocycles. The summed E-state index contributed by atoms with van der Waals surface area (Å²) in [4.78, 5) is 12.2. The lowest BCUT2D eigenvalue weighted by Crippen LogP contribution is -2.20.